The summed E-state index contributed by atoms with van der Waals surface area (Å²) in [7, 11) is 0. The fourth-order valence-electron chi connectivity index (χ4n) is 4.47. The minimum Gasteiger partial charge on any atom is -0.456 e. The Hall–Kier alpha value is -4.24. The highest BCUT2D eigenvalue weighted by molar-refractivity contribution is 8.14. The summed E-state index contributed by atoms with van der Waals surface area (Å²) >= 11 is 2.78. The van der Waals surface area contributed by atoms with Crippen molar-refractivity contribution < 1.29 is 33.4 Å². The van der Waals surface area contributed by atoms with Gasteiger partial charge < -0.3 is 25.4 Å². The number of carbonyl (C=O) groups excluding carboxylic acids is 5. The number of aliphatic imine (C=N–C) groups is 1. The molecule has 0 spiro atoms. The van der Waals surface area contributed by atoms with Crippen LogP contribution in [0.5, 0.6) is 0 Å². The number of hydrogen-bond acceptors (Lipinski definition) is 11. The van der Waals surface area contributed by atoms with Crippen molar-refractivity contribution in [3.05, 3.63) is 52.5 Å². The van der Waals surface area contributed by atoms with Gasteiger partial charge >= 0.3 is 12.1 Å². The number of amides is 4. The van der Waals surface area contributed by atoms with Crippen LogP contribution in [0.4, 0.5) is 16.2 Å². The topological polar surface area (TPSA) is 177 Å². The minimum atomic E-state index is -1.10. The smallest absolute Gasteiger partial charge is 0.412 e. The third kappa shape index (κ3) is 10.1. The lowest BCUT2D eigenvalue weighted by atomic mass is 10.0. The standard InChI is InChI=1S/C32H40N6O7S2/c1-18(2)26-28(41)44-19(10-9-13-23(39)34-20-11-7-8-12-21(20)36-30(43)45-31(3,4)5)14-24(40)33-15-25-35-22(16-46-25)27-38-32(6,17-47-27)29(42)37-26/h7-12,16,18-19,26H,13-15,17H2,1-6H3,(H,33,40)(H,34,39)(H,36,43)(H,37,42)/b10-9+/t19-,26?,32+/m1/s1. The van der Waals surface area contributed by atoms with Gasteiger partial charge in [0, 0.05) is 17.6 Å². The summed E-state index contributed by atoms with van der Waals surface area (Å²) in [5, 5.41) is 14.1. The number of aromatic nitrogens is 1. The lowest BCUT2D eigenvalue weighted by Crippen LogP contribution is -2.53. The van der Waals surface area contributed by atoms with Gasteiger partial charge in [0.05, 0.1) is 24.3 Å². The van der Waals surface area contributed by atoms with Gasteiger partial charge in [-0.25, -0.2) is 14.6 Å². The maximum atomic E-state index is 13.4. The largest absolute Gasteiger partial charge is 0.456 e. The SMILES string of the molecule is CC(C)C1NC(=O)[C@]2(C)CSC(=N2)c2csc(n2)CNC(=O)C[C@@H](/C=C/CC(=O)Nc2ccccc2NC(=O)OC(C)(C)C)OC1=O. The number of fused-ring (bicyclic) bond motifs is 4. The van der Waals surface area contributed by atoms with Crippen LogP contribution >= 0.6 is 23.1 Å². The van der Waals surface area contributed by atoms with Gasteiger partial charge in [0.2, 0.25) is 17.7 Å². The van der Waals surface area contributed by atoms with Crippen LogP contribution < -0.4 is 21.3 Å². The number of anilines is 2. The molecule has 15 heteroatoms. The highest BCUT2D eigenvalue weighted by Crippen LogP contribution is 2.32. The van der Waals surface area contributed by atoms with Gasteiger partial charge in [-0.3, -0.25) is 24.7 Å². The van der Waals surface area contributed by atoms with E-state index < -0.39 is 53.1 Å². The van der Waals surface area contributed by atoms with Crippen LogP contribution in [-0.2, 0) is 35.2 Å². The first-order valence-electron chi connectivity index (χ1n) is 15.1. The first kappa shape index (κ1) is 35.6. The second kappa shape index (κ2) is 15.1. The Kier molecular flexibility index (Phi) is 11.4. The molecule has 2 aliphatic rings. The van der Waals surface area contributed by atoms with Crippen LogP contribution in [0, 0.1) is 5.92 Å². The Morgan fingerprint density at radius 3 is 2.55 bits per heavy atom. The van der Waals surface area contributed by atoms with Gasteiger partial charge in [0.1, 0.15) is 39.0 Å². The lowest BCUT2D eigenvalue weighted by molar-refractivity contribution is -0.153. The third-order valence-corrected chi connectivity index (χ3v) is 9.02. The molecule has 47 heavy (non-hydrogen) atoms. The van der Waals surface area contributed by atoms with Gasteiger partial charge in [0.25, 0.3) is 0 Å². The second-order valence-electron chi connectivity index (χ2n) is 12.6. The number of nitrogens with zero attached hydrogens (tertiary/aromatic N) is 2. The highest BCUT2D eigenvalue weighted by Gasteiger charge is 2.41. The van der Waals surface area contributed by atoms with E-state index >= 15 is 0 Å². The Morgan fingerprint density at radius 1 is 1.17 bits per heavy atom. The van der Waals surface area contributed by atoms with Gasteiger partial charge in [-0.05, 0) is 51.8 Å². The van der Waals surface area contributed by atoms with Gasteiger partial charge in [-0.1, -0.05) is 32.1 Å². The summed E-state index contributed by atoms with van der Waals surface area (Å²) < 4.78 is 11.0. The van der Waals surface area contributed by atoms with Crippen molar-refractivity contribution in [1.29, 1.82) is 0 Å². The van der Waals surface area contributed by atoms with E-state index in [1.165, 1.54) is 35.3 Å². The van der Waals surface area contributed by atoms with Crippen LogP contribution in [0.25, 0.3) is 0 Å². The molecule has 0 radical (unpaired) electrons. The van der Waals surface area contributed by atoms with Crippen molar-refractivity contribution in [2.45, 2.75) is 84.2 Å². The summed E-state index contributed by atoms with van der Waals surface area (Å²) in [5.74, 6) is -1.89. The Balaban J connectivity index is 1.48. The van der Waals surface area contributed by atoms with Crippen molar-refractivity contribution in [1.82, 2.24) is 15.6 Å². The summed E-state index contributed by atoms with van der Waals surface area (Å²) in [6, 6.07) is 5.66. The van der Waals surface area contributed by atoms with Crippen LogP contribution in [-0.4, -0.2) is 68.9 Å². The fourth-order valence-corrected chi connectivity index (χ4v) is 6.40. The molecule has 4 N–H and O–H groups in total. The van der Waals surface area contributed by atoms with Crippen molar-refractivity contribution in [2.24, 2.45) is 10.9 Å². The molecule has 0 saturated carbocycles. The molecule has 0 saturated heterocycles. The number of esters is 1. The zero-order chi connectivity index (χ0) is 34.4. The molecule has 4 rings (SSSR count). The van der Waals surface area contributed by atoms with E-state index in [1.807, 2.05) is 5.38 Å². The molecule has 1 unspecified atom stereocenters. The molecule has 13 nitrogen and oxygen atoms in total. The van der Waals surface area contributed by atoms with E-state index in [0.717, 1.165) is 0 Å². The Labute approximate surface area is 281 Å². The number of para-hydroxylation sites is 2. The molecule has 2 aliphatic heterocycles. The highest BCUT2D eigenvalue weighted by atomic mass is 32.2. The number of benzene rings is 1. The average Bonchev–Trinajstić information content (AvgIpc) is 3.61. The van der Waals surface area contributed by atoms with Crippen molar-refractivity contribution >= 4 is 69.3 Å². The summed E-state index contributed by atoms with van der Waals surface area (Å²) in [6.07, 6.45) is 0.919. The third-order valence-electron chi connectivity index (χ3n) is 6.89. The predicted octanol–water partition coefficient (Wildman–Crippen LogP) is 4.40. The maximum absolute atomic E-state index is 13.4. The number of rotatable bonds is 6. The van der Waals surface area contributed by atoms with E-state index in [0.29, 0.717) is 32.9 Å². The lowest BCUT2D eigenvalue weighted by Gasteiger charge is -2.27. The Morgan fingerprint density at radius 2 is 1.87 bits per heavy atom. The van der Waals surface area contributed by atoms with Crippen LogP contribution in [0.1, 0.15) is 65.1 Å². The van der Waals surface area contributed by atoms with Crippen LogP contribution in [0.15, 0.2) is 46.8 Å². The van der Waals surface area contributed by atoms with Gasteiger partial charge in [0.15, 0.2) is 0 Å². The van der Waals surface area contributed by atoms with Crippen LogP contribution in [0.3, 0.4) is 0 Å². The molecular formula is C32H40N6O7S2. The number of cyclic esters (lactones) is 1. The molecule has 4 amide bonds. The molecule has 3 heterocycles. The number of carbonyl (C=O) groups is 5. The number of ether oxygens (including phenoxy) is 2. The quantitative estimate of drug-likeness (QED) is 0.254. The van der Waals surface area contributed by atoms with E-state index in [4.69, 9.17) is 9.47 Å². The van der Waals surface area contributed by atoms with Crippen molar-refractivity contribution in [3.63, 3.8) is 0 Å². The van der Waals surface area contributed by atoms with Gasteiger partial charge in [-0.2, -0.15) is 0 Å². The molecular weight excluding hydrogens is 645 g/mol. The zero-order valence-electron chi connectivity index (χ0n) is 27.2. The summed E-state index contributed by atoms with van der Waals surface area (Å²) in [4.78, 5) is 74.0. The molecule has 252 valence electrons. The van der Waals surface area contributed by atoms with E-state index in [-0.39, 0.29) is 25.3 Å². The van der Waals surface area contributed by atoms with E-state index in [1.54, 1.807) is 65.8 Å². The van der Waals surface area contributed by atoms with Gasteiger partial charge in [-0.15, -0.1) is 23.1 Å². The number of hydrogen-bond donors (Lipinski definition) is 4. The predicted molar refractivity (Wildman–Crippen MR) is 181 cm³/mol. The molecule has 4 bridgehead atoms. The molecule has 0 fully saturated rings. The average molecular weight is 685 g/mol. The van der Waals surface area contributed by atoms with E-state index in [2.05, 4.69) is 31.2 Å². The molecule has 3 atom stereocenters. The molecule has 0 aliphatic carbocycles. The number of thioether (sulfide) groups is 1. The fraction of sp³-hybridized carbons (Fsp3) is 0.469. The van der Waals surface area contributed by atoms with Crippen molar-refractivity contribution in [2.75, 3.05) is 16.4 Å². The normalized spacial score (nSPS) is 22.3. The molecule has 1 aromatic carbocycles. The maximum Gasteiger partial charge on any atom is 0.412 e. The zero-order valence-corrected chi connectivity index (χ0v) is 28.8. The molecule has 1 aromatic heterocycles. The molecule has 2 aromatic rings. The summed E-state index contributed by atoms with van der Waals surface area (Å²) in [5.41, 5.74) is -0.456. The number of thiazole rings is 1. The first-order valence-corrected chi connectivity index (χ1v) is 17.0. The summed E-state index contributed by atoms with van der Waals surface area (Å²) in [6.45, 7) is 10.7. The second-order valence-corrected chi connectivity index (χ2v) is 14.5. The monoisotopic (exact) mass is 684 g/mol. The number of nitrogens with one attached hydrogen (secondary N) is 4. The van der Waals surface area contributed by atoms with Crippen LogP contribution in [0.2, 0.25) is 0 Å². The van der Waals surface area contributed by atoms with E-state index in [9.17, 15) is 24.0 Å². The Bertz CT molecular complexity index is 1580. The van der Waals surface area contributed by atoms with Crippen molar-refractivity contribution in [3.8, 4) is 0 Å². The first-order chi connectivity index (χ1) is 22.1. The minimum absolute atomic E-state index is 0.126.